The fraction of sp³-hybridized carbons (Fsp3) is 0.143. The first-order valence-electron chi connectivity index (χ1n) is 9.39. The molecule has 31 heavy (non-hydrogen) atoms. The molecule has 0 bridgehead atoms. The molecule has 0 saturated carbocycles. The smallest absolute Gasteiger partial charge is 0.349 e. The lowest BCUT2D eigenvalue weighted by Crippen LogP contribution is -2.29. The normalized spacial score (nSPS) is 11.5. The maximum absolute atomic E-state index is 13.6. The number of benzene rings is 2. The molecule has 160 valence electrons. The zero-order valence-corrected chi connectivity index (χ0v) is 17.7. The molecule has 0 unspecified atom stereocenters. The maximum Gasteiger partial charge on any atom is 0.349 e. The average Bonchev–Trinajstić information content (AvgIpc) is 3.06. The van der Waals surface area contributed by atoms with Crippen LogP contribution in [0.25, 0.3) is 16.9 Å². The van der Waals surface area contributed by atoms with Gasteiger partial charge < -0.3 is 15.2 Å². The van der Waals surface area contributed by atoms with E-state index < -0.39 is 15.7 Å². The Kier molecular flexibility index (Phi) is 5.15. The summed E-state index contributed by atoms with van der Waals surface area (Å²) in [7, 11) is -3.00. The van der Waals surface area contributed by atoms with Crippen LogP contribution in [0.1, 0.15) is 6.92 Å². The first kappa shape index (κ1) is 20.5. The van der Waals surface area contributed by atoms with Gasteiger partial charge in [0.05, 0.1) is 24.8 Å². The number of ether oxygens (including phenoxy) is 2. The summed E-state index contributed by atoms with van der Waals surface area (Å²) in [6.45, 7) is 2.25. The molecule has 4 rings (SSSR count). The Labute approximate surface area is 178 Å². The average molecular weight is 440 g/mol. The Bertz CT molecular complexity index is 1430. The van der Waals surface area contributed by atoms with Crippen molar-refractivity contribution in [3.05, 3.63) is 71.3 Å². The van der Waals surface area contributed by atoms with Crippen LogP contribution in [-0.4, -0.2) is 35.7 Å². The van der Waals surface area contributed by atoms with Crippen molar-refractivity contribution in [2.24, 2.45) is 0 Å². The summed E-state index contributed by atoms with van der Waals surface area (Å²) >= 11 is 0. The van der Waals surface area contributed by atoms with Crippen LogP contribution in [-0.2, 0) is 10.0 Å². The standard InChI is InChI=1S/C21H20N4O5S/c1-3-30-15-8-9-16-17(13-15)24(20-6-4-5-11-23-20)21(26)25(16)31(27,28)19-10-7-14(22)12-18(19)29-2/h4-13H,3,22H2,1-2H3. The van der Waals surface area contributed by atoms with Crippen LogP contribution in [0.15, 0.2) is 70.5 Å². The first-order chi connectivity index (χ1) is 14.9. The van der Waals surface area contributed by atoms with Crippen molar-refractivity contribution < 1.29 is 17.9 Å². The molecule has 10 heteroatoms. The number of imidazole rings is 1. The van der Waals surface area contributed by atoms with Crippen molar-refractivity contribution in [1.29, 1.82) is 0 Å². The number of methoxy groups -OCH3 is 1. The molecule has 2 aromatic heterocycles. The molecular weight excluding hydrogens is 420 g/mol. The predicted octanol–water partition coefficient (Wildman–Crippen LogP) is 2.41. The Morgan fingerprint density at radius 1 is 1.06 bits per heavy atom. The van der Waals surface area contributed by atoms with Gasteiger partial charge in [-0.15, -0.1) is 0 Å². The zero-order valence-electron chi connectivity index (χ0n) is 16.8. The minimum atomic E-state index is -4.33. The van der Waals surface area contributed by atoms with Crippen LogP contribution in [0.5, 0.6) is 11.5 Å². The summed E-state index contributed by atoms with van der Waals surface area (Å²) in [5.41, 5.74) is 5.82. The highest BCUT2D eigenvalue weighted by Gasteiger charge is 2.29. The lowest BCUT2D eigenvalue weighted by atomic mass is 10.3. The van der Waals surface area contributed by atoms with Crippen LogP contribution in [0.4, 0.5) is 5.69 Å². The number of rotatable bonds is 6. The van der Waals surface area contributed by atoms with Gasteiger partial charge in [-0.3, -0.25) is 0 Å². The molecule has 0 spiro atoms. The number of nitrogens with zero attached hydrogens (tertiary/aromatic N) is 3. The molecule has 0 atom stereocenters. The number of nitrogens with two attached hydrogens (primary N) is 1. The lowest BCUT2D eigenvalue weighted by molar-refractivity contribution is 0.340. The minimum Gasteiger partial charge on any atom is -0.495 e. The van der Waals surface area contributed by atoms with Crippen LogP contribution in [0.3, 0.4) is 0 Å². The number of hydrogen-bond acceptors (Lipinski definition) is 7. The van der Waals surface area contributed by atoms with Gasteiger partial charge in [0.1, 0.15) is 22.2 Å². The van der Waals surface area contributed by atoms with E-state index in [9.17, 15) is 13.2 Å². The lowest BCUT2D eigenvalue weighted by Gasteiger charge is -2.11. The maximum atomic E-state index is 13.6. The third kappa shape index (κ3) is 3.40. The molecule has 9 nitrogen and oxygen atoms in total. The quantitative estimate of drug-likeness (QED) is 0.457. The van der Waals surface area contributed by atoms with Gasteiger partial charge in [-0.25, -0.2) is 22.8 Å². The van der Waals surface area contributed by atoms with E-state index in [1.165, 1.54) is 42.1 Å². The van der Waals surface area contributed by atoms with E-state index in [0.29, 0.717) is 23.6 Å². The van der Waals surface area contributed by atoms with Gasteiger partial charge in [0, 0.05) is 24.0 Å². The van der Waals surface area contributed by atoms with Crippen molar-refractivity contribution in [2.45, 2.75) is 11.8 Å². The third-order valence-corrected chi connectivity index (χ3v) is 6.39. The van der Waals surface area contributed by atoms with Crippen LogP contribution >= 0.6 is 0 Å². The fourth-order valence-corrected chi connectivity index (χ4v) is 4.88. The Morgan fingerprint density at radius 2 is 1.87 bits per heavy atom. The van der Waals surface area contributed by atoms with E-state index in [-0.39, 0.29) is 22.0 Å². The van der Waals surface area contributed by atoms with E-state index in [0.717, 1.165) is 3.97 Å². The molecular formula is C21H20N4O5S. The monoisotopic (exact) mass is 440 g/mol. The first-order valence-corrected chi connectivity index (χ1v) is 10.8. The molecule has 0 radical (unpaired) electrons. The molecule has 0 saturated heterocycles. The molecule has 0 fully saturated rings. The van der Waals surface area contributed by atoms with Crippen molar-refractivity contribution in [3.63, 3.8) is 0 Å². The highest BCUT2D eigenvalue weighted by Crippen LogP contribution is 2.30. The van der Waals surface area contributed by atoms with E-state index in [1.54, 1.807) is 30.3 Å². The summed E-state index contributed by atoms with van der Waals surface area (Å²) in [5, 5.41) is 0. The molecule has 0 aliphatic carbocycles. The topological polar surface area (TPSA) is 118 Å². The molecule has 2 N–H and O–H groups in total. The van der Waals surface area contributed by atoms with Gasteiger partial charge in [0.2, 0.25) is 0 Å². The van der Waals surface area contributed by atoms with E-state index in [1.807, 2.05) is 6.92 Å². The zero-order chi connectivity index (χ0) is 22.2. The largest absolute Gasteiger partial charge is 0.495 e. The number of fused-ring (bicyclic) bond motifs is 1. The predicted molar refractivity (Wildman–Crippen MR) is 116 cm³/mol. The molecule has 2 heterocycles. The van der Waals surface area contributed by atoms with Crippen molar-refractivity contribution in [2.75, 3.05) is 19.5 Å². The summed E-state index contributed by atoms with van der Waals surface area (Å²) in [4.78, 5) is 17.5. The molecule has 2 aromatic carbocycles. The third-order valence-electron chi connectivity index (χ3n) is 4.67. The minimum absolute atomic E-state index is 0.0385. The molecule has 0 aliphatic heterocycles. The second-order valence-electron chi connectivity index (χ2n) is 6.57. The van der Waals surface area contributed by atoms with Gasteiger partial charge in [0.15, 0.2) is 0 Å². The van der Waals surface area contributed by atoms with Gasteiger partial charge in [0.25, 0.3) is 10.0 Å². The number of nitrogen functional groups attached to an aromatic ring is 1. The van der Waals surface area contributed by atoms with E-state index in [2.05, 4.69) is 4.98 Å². The number of pyridine rings is 1. The Morgan fingerprint density at radius 3 is 2.55 bits per heavy atom. The molecule has 0 aliphatic rings. The van der Waals surface area contributed by atoms with Crippen molar-refractivity contribution in [3.8, 4) is 17.3 Å². The Hall–Kier alpha value is -3.79. The number of anilines is 1. The Balaban J connectivity index is 2.08. The highest BCUT2D eigenvalue weighted by atomic mass is 32.2. The second-order valence-corrected chi connectivity index (χ2v) is 8.32. The van der Waals surface area contributed by atoms with Gasteiger partial charge in [-0.2, -0.15) is 3.97 Å². The summed E-state index contributed by atoms with van der Waals surface area (Å²) in [5.74, 6) is 0.820. The van der Waals surface area contributed by atoms with Crippen LogP contribution in [0, 0.1) is 0 Å². The van der Waals surface area contributed by atoms with E-state index >= 15 is 0 Å². The summed E-state index contributed by atoms with van der Waals surface area (Å²) < 4.78 is 39.9. The number of hydrogen-bond donors (Lipinski definition) is 1. The SMILES string of the molecule is CCOc1ccc2c(c1)n(-c1ccccn1)c(=O)n2S(=O)(=O)c1ccc(N)cc1OC. The second kappa shape index (κ2) is 7.80. The molecule has 4 aromatic rings. The summed E-state index contributed by atoms with van der Waals surface area (Å²) in [6.07, 6.45) is 1.52. The van der Waals surface area contributed by atoms with Crippen molar-refractivity contribution >= 4 is 26.7 Å². The molecule has 0 amide bonds. The van der Waals surface area contributed by atoms with Crippen molar-refractivity contribution in [1.82, 2.24) is 13.5 Å². The summed E-state index contributed by atoms with van der Waals surface area (Å²) in [6, 6.07) is 13.9. The highest BCUT2D eigenvalue weighted by molar-refractivity contribution is 7.90. The van der Waals surface area contributed by atoms with Gasteiger partial charge in [-0.05, 0) is 43.3 Å². The van der Waals surface area contributed by atoms with E-state index in [4.69, 9.17) is 15.2 Å². The fourth-order valence-electron chi connectivity index (χ4n) is 3.34. The van der Waals surface area contributed by atoms with Crippen LogP contribution in [0.2, 0.25) is 0 Å². The van der Waals surface area contributed by atoms with Gasteiger partial charge >= 0.3 is 5.69 Å². The van der Waals surface area contributed by atoms with Gasteiger partial charge in [-0.1, -0.05) is 6.07 Å². The number of aromatic nitrogens is 3. The van der Waals surface area contributed by atoms with Crippen LogP contribution < -0.4 is 20.9 Å².